The van der Waals surface area contributed by atoms with E-state index >= 15 is 0 Å². The number of β-amino-alcohol motifs (C(OH)–C–C–N with tert-alkyl or cyclic N) is 1. The molecule has 0 aliphatic carbocycles. The van der Waals surface area contributed by atoms with Crippen molar-refractivity contribution in [3.05, 3.63) is 18.0 Å². The van der Waals surface area contributed by atoms with E-state index in [9.17, 15) is 9.90 Å². The zero-order valence-corrected chi connectivity index (χ0v) is 10.3. The number of nitrogens with two attached hydrogens (primary N) is 1. The van der Waals surface area contributed by atoms with E-state index in [2.05, 4.69) is 0 Å². The summed E-state index contributed by atoms with van der Waals surface area (Å²) < 4.78 is 1.88. The fourth-order valence-electron chi connectivity index (χ4n) is 2.19. The maximum Gasteiger partial charge on any atom is 0.270 e. The molecule has 1 atom stereocenters. The van der Waals surface area contributed by atoms with Crippen LogP contribution < -0.4 is 5.73 Å². The van der Waals surface area contributed by atoms with Crippen LogP contribution in [-0.4, -0.2) is 39.7 Å². The number of nitrogens with zero attached hydrogens (tertiary/aromatic N) is 2. The Balaban J connectivity index is 2.24. The monoisotopic (exact) mass is 237 g/mol. The lowest BCUT2D eigenvalue weighted by Crippen LogP contribution is -2.31. The van der Waals surface area contributed by atoms with E-state index in [0.29, 0.717) is 30.9 Å². The van der Waals surface area contributed by atoms with E-state index < -0.39 is 6.10 Å². The number of amides is 1. The van der Waals surface area contributed by atoms with E-state index in [4.69, 9.17) is 5.73 Å². The molecule has 1 amide bonds. The number of nitrogen functional groups attached to an aromatic ring is 1. The van der Waals surface area contributed by atoms with Gasteiger partial charge in [-0.1, -0.05) is 0 Å². The lowest BCUT2D eigenvalue weighted by molar-refractivity contribution is 0.0753. The molecule has 0 radical (unpaired) electrons. The predicted molar refractivity (Wildman–Crippen MR) is 65.8 cm³/mol. The van der Waals surface area contributed by atoms with Crippen molar-refractivity contribution in [1.82, 2.24) is 9.47 Å². The number of carbonyl (C=O) groups is 1. The second-order valence-corrected chi connectivity index (χ2v) is 4.85. The van der Waals surface area contributed by atoms with Crippen molar-refractivity contribution in [2.45, 2.75) is 32.4 Å². The smallest absolute Gasteiger partial charge is 0.270 e. The summed E-state index contributed by atoms with van der Waals surface area (Å²) in [7, 11) is 0. The summed E-state index contributed by atoms with van der Waals surface area (Å²) in [5.41, 5.74) is 6.94. The summed E-state index contributed by atoms with van der Waals surface area (Å²) in [5, 5.41) is 9.45. The topological polar surface area (TPSA) is 71.5 Å². The number of aliphatic hydroxyl groups is 1. The highest BCUT2D eigenvalue weighted by molar-refractivity contribution is 5.94. The van der Waals surface area contributed by atoms with Gasteiger partial charge in [0.25, 0.3) is 5.91 Å². The number of carbonyl (C=O) groups excluding carboxylic acids is 1. The Bertz CT molecular complexity index is 425. The molecular weight excluding hydrogens is 218 g/mol. The molecular formula is C12H19N3O2. The first kappa shape index (κ1) is 12.0. The summed E-state index contributed by atoms with van der Waals surface area (Å²) in [6.45, 7) is 5.05. The second-order valence-electron chi connectivity index (χ2n) is 4.85. The van der Waals surface area contributed by atoms with E-state index in [1.807, 2.05) is 18.4 Å². The van der Waals surface area contributed by atoms with Crippen molar-refractivity contribution >= 4 is 11.6 Å². The largest absolute Gasteiger partial charge is 0.397 e. The fourth-order valence-corrected chi connectivity index (χ4v) is 2.19. The van der Waals surface area contributed by atoms with Crippen molar-refractivity contribution in [3.8, 4) is 0 Å². The fraction of sp³-hybridized carbons (Fsp3) is 0.583. The highest BCUT2D eigenvalue weighted by Gasteiger charge is 2.27. The third kappa shape index (κ3) is 2.29. The Kier molecular flexibility index (Phi) is 3.11. The standard InChI is InChI=1S/C12H19N3O2/c1-8(2)15-6-9(13)5-11(15)12(17)14-4-3-10(16)7-14/h5-6,8,10,16H,3-4,7,13H2,1-2H3/t10-/m0/s1. The highest BCUT2D eigenvalue weighted by atomic mass is 16.3. The number of anilines is 1. The van der Waals surface area contributed by atoms with Crippen molar-refractivity contribution in [2.24, 2.45) is 0 Å². The van der Waals surface area contributed by atoms with E-state index in [-0.39, 0.29) is 11.9 Å². The highest BCUT2D eigenvalue weighted by Crippen LogP contribution is 2.20. The molecule has 1 aromatic heterocycles. The van der Waals surface area contributed by atoms with E-state index in [1.165, 1.54) is 0 Å². The molecule has 17 heavy (non-hydrogen) atoms. The Morgan fingerprint density at radius 3 is 2.82 bits per heavy atom. The Morgan fingerprint density at radius 1 is 1.59 bits per heavy atom. The molecule has 5 nitrogen and oxygen atoms in total. The Labute approximate surface area is 101 Å². The average Bonchev–Trinajstić information content (AvgIpc) is 2.83. The van der Waals surface area contributed by atoms with Crippen LogP contribution >= 0.6 is 0 Å². The van der Waals surface area contributed by atoms with Gasteiger partial charge in [0.1, 0.15) is 5.69 Å². The summed E-state index contributed by atoms with van der Waals surface area (Å²) in [5.74, 6) is -0.0491. The molecule has 2 heterocycles. The van der Waals surface area contributed by atoms with Gasteiger partial charge >= 0.3 is 0 Å². The Morgan fingerprint density at radius 2 is 2.29 bits per heavy atom. The van der Waals surface area contributed by atoms with Gasteiger partial charge in [-0.05, 0) is 26.3 Å². The lowest BCUT2D eigenvalue weighted by atomic mass is 10.3. The van der Waals surface area contributed by atoms with Gasteiger partial charge in [-0.3, -0.25) is 4.79 Å². The number of aromatic nitrogens is 1. The zero-order valence-electron chi connectivity index (χ0n) is 10.3. The molecule has 1 fully saturated rings. The van der Waals surface area contributed by atoms with Gasteiger partial charge in [-0.25, -0.2) is 0 Å². The van der Waals surface area contributed by atoms with Crippen LogP contribution in [0, 0.1) is 0 Å². The lowest BCUT2D eigenvalue weighted by Gasteiger charge is -2.18. The van der Waals surface area contributed by atoms with Gasteiger partial charge in [-0.15, -0.1) is 0 Å². The first-order valence-corrected chi connectivity index (χ1v) is 5.93. The molecule has 0 aromatic carbocycles. The third-order valence-electron chi connectivity index (χ3n) is 3.10. The second kappa shape index (κ2) is 4.41. The van der Waals surface area contributed by atoms with Crippen LogP contribution in [0.3, 0.4) is 0 Å². The predicted octanol–water partition coefficient (Wildman–Crippen LogP) is 0.858. The molecule has 3 N–H and O–H groups in total. The van der Waals surface area contributed by atoms with Crippen molar-refractivity contribution in [3.63, 3.8) is 0 Å². The SMILES string of the molecule is CC(C)n1cc(N)cc1C(=O)N1CC[C@H](O)C1. The zero-order chi connectivity index (χ0) is 12.6. The van der Waals surface area contributed by atoms with Crippen molar-refractivity contribution in [1.29, 1.82) is 0 Å². The average molecular weight is 237 g/mol. The third-order valence-corrected chi connectivity index (χ3v) is 3.10. The molecule has 0 saturated carbocycles. The quantitative estimate of drug-likeness (QED) is 0.801. The van der Waals surface area contributed by atoms with E-state index in [1.54, 1.807) is 17.2 Å². The molecule has 1 aliphatic heterocycles. The minimum absolute atomic E-state index is 0.0491. The first-order chi connectivity index (χ1) is 7.99. The number of hydrogen-bond acceptors (Lipinski definition) is 3. The van der Waals surface area contributed by atoms with Crippen LogP contribution in [-0.2, 0) is 0 Å². The number of rotatable bonds is 2. The molecule has 5 heteroatoms. The summed E-state index contributed by atoms with van der Waals surface area (Å²) in [6.07, 6.45) is 2.05. The molecule has 0 spiro atoms. The maximum absolute atomic E-state index is 12.3. The van der Waals surface area contributed by atoms with Crippen LogP contribution in [0.1, 0.15) is 36.8 Å². The molecule has 1 aromatic rings. The molecule has 1 aliphatic rings. The van der Waals surface area contributed by atoms with E-state index in [0.717, 1.165) is 0 Å². The van der Waals surface area contributed by atoms with Crippen LogP contribution in [0.2, 0.25) is 0 Å². The first-order valence-electron chi connectivity index (χ1n) is 5.93. The summed E-state index contributed by atoms with van der Waals surface area (Å²) in [4.78, 5) is 13.9. The molecule has 2 rings (SSSR count). The number of hydrogen-bond donors (Lipinski definition) is 2. The summed E-state index contributed by atoms with van der Waals surface area (Å²) >= 11 is 0. The van der Waals surface area contributed by atoms with Crippen molar-refractivity contribution < 1.29 is 9.90 Å². The molecule has 0 unspecified atom stereocenters. The Hall–Kier alpha value is -1.49. The van der Waals surface area contributed by atoms with Gasteiger partial charge in [0, 0.05) is 25.3 Å². The van der Waals surface area contributed by atoms with Crippen LogP contribution in [0.25, 0.3) is 0 Å². The molecule has 94 valence electrons. The minimum atomic E-state index is -0.390. The van der Waals surface area contributed by atoms with Gasteiger partial charge in [0.15, 0.2) is 0 Å². The van der Waals surface area contributed by atoms with Crippen molar-refractivity contribution in [2.75, 3.05) is 18.8 Å². The normalized spacial score (nSPS) is 20.2. The van der Waals surface area contributed by atoms with Crippen LogP contribution in [0.4, 0.5) is 5.69 Å². The number of likely N-dealkylation sites (tertiary alicyclic amines) is 1. The molecule has 1 saturated heterocycles. The summed E-state index contributed by atoms with van der Waals surface area (Å²) in [6, 6.07) is 1.89. The van der Waals surface area contributed by atoms with Crippen LogP contribution in [0.5, 0.6) is 0 Å². The van der Waals surface area contributed by atoms with Gasteiger partial charge in [0.2, 0.25) is 0 Å². The van der Waals surface area contributed by atoms with Gasteiger partial charge in [-0.2, -0.15) is 0 Å². The minimum Gasteiger partial charge on any atom is -0.397 e. The van der Waals surface area contributed by atoms with Crippen LogP contribution in [0.15, 0.2) is 12.3 Å². The molecule has 0 bridgehead atoms. The van der Waals surface area contributed by atoms with Gasteiger partial charge in [0.05, 0.1) is 11.8 Å². The van der Waals surface area contributed by atoms with Gasteiger partial charge < -0.3 is 20.3 Å². The number of aliphatic hydroxyl groups excluding tert-OH is 1. The maximum atomic E-state index is 12.3.